The third kappa shape index (κ3) is 6.56. The molecule has 2 atom stereocenters. The molecule has 0 saturated carbocycles. The maximum atomic E-state index is 14.7. The maximum absolute atomic E-state index is 14.7. The molecule has 0 aliphatic rings. The zero-order chi connectivity index (χ0) is 25.8. The summed E-state index contributed by atoms with van der Waals surface area (Å²) >= 11 is -1.64. The van der Waals surface area contributed by atoms with E-state index in [0.717, 1.165) is 23.2 Å². The lowest BCUT2D eigenvalue weighted by Gasteiger charge is -2.37. The SMILES string of the molecule is Bc1cccc([C@@](Cc2ccccc2)(N[S@+]([O-])C(C)C)c2cc(F)cc(OC(F)(F)C(F)F)c2)c1. The van der Waals surface area contributed by atoms with Crippen LogP contribution in [0.15, 0.2) is 72.8 Å². The van der Waals surface area contributed by atoms with Crippen LogP contribution in [0.25, 0.3) is 0 Å². The van der Waals surface area contributed by atoms with E-state index in [1.165, 1.54) is 0 Å². The minimum absolute atomic E-state index is 0.0982. The molecule has 0 amide bonds. The summed E-state index contributed by atoms with van der Waals surface area (Å²) in [5.74, 6) is -1.74. The second kappa shape index (κ2) is 11.0. The van der Waals surface area contributed by atoms with Crippen LogP contribution < -0.4 is 14.9 Å². The van der Waals surface area contributed by atoms with Gasteiger partial charge in [-0.25, -0.2) is 4.39 Å². The molecule has 3 rings (SSSR count). The fraction of sp³-hybridized carbons (Fsp3) is 0.280. The molecule has 0 aliphatic heterocycles. The van der Waals surface area contributed by atoms with Crippen molar-refractivity contribution in [3.8, 4) is 5.75 Å². The minimum atomic E-state index is -4.81. The van der Waals surface area contributed by atoms with Crippen molar-refractivity contribution in [2.24, 2.45) is 0 Å². The van der Waals surface area contributed by atoms with E-state index in [2.05, 4.69) is 9.46 Å². The van der Waals surface area contributed by atoms with E-state index in [1.54, 1.807) is 38.1 Å². The van der Waals surface area contributed by atoms with E-state index in [9.17, 15) is 26.5 Å². The van der Waals surface area contributed by atoms with Crippen molar-refractivity contribution >= 4 is 24.7 Å². The third-order valence-electron chi connectivity index (χ3n) is 5.40. The normalized spacial score (nSPS) is 14.7. The van der Waals surface area contributed by atoms with E-state index in [0.29, 0.717) is 11.6 Å². The summed E-state index contributed by atoms with van der Waals surface area (Å²) in [5, 5.41) is -0.345. The van der Waals surface area contributed by atoms with Gasteiger partial charge in [-0.2, -0.15) is 17.6 Å². The van der Waals surface area contributed by atoms with E-state index in [1.807, 2.05) is 38.2 Å². The van der Waals surface area contributed by atoms with Gasteiger partial charge >= 0.3 is 12.5 Å². The van der Waals surface area contributed by atoms with Crippen LogP contribution in [-0.2, 0) is 23.3 Å². The summed E-state index contributed by atoms with van der Waals surface area (Å²) in [6.45, 7) is 3.46. The monoisotopic (exact) mass is 509 g/mol. The van der Waals surface area contributed by atoms with Crippen LogP contribution in [0.4, 0.5) is 22.0 Å². The van der Waals surface area contributed by atoms with Gasteiger partial charge in [-0.05, 0) is 42.7 Å². The Morgan fingerprint density at radius 3 is 2.26 bits per heavy atom. The second-order valence-electron chi connectivity index (χ2n) is 8.53. The molecule has 3 aromatic carbocycles. The molecule has 0 spiro atoms. The van der Waals surface area contributed by atoms with Crippen LogP contribution in [0.1, 0.15) is 30.5 Å². The summed E-state index contributed by atoms with van der Waals surface area (Å²) in [4.78, 5) is 0. The number of rotatable bonds is 10. The molecule has 0 aromatic heterocycles. The van der Waals surface area contributed by atoms with Crippen molar-refractivity contribution < 1.29 is 31.2 Å². The van der Waals surface area contributed by atoms with Gasteiger partial charge < -0.3 is 9.29 Å². The van der Waals surface area contributed by atoms with Gasteiger partial charge in [-0.15, -0.1) is 4.72 Å². The Hall–Kier alpha value is -2.56. The Labute approximate surface area is 205 Å². The summed E-state index contributed by atoms with van der Waals surface area (Å²) in [5.41, 5.74) is 0.956. The molecule has 1 N–H and O–H groups in total. The van der Waals surface area contributed by atoms with Gasteiger partial charge in [-0.3, -0.25) is 0 Å². The molecule has 0 radical (unpaired) electrons. The van der Waals surface area contributed by atoms with Crippen LogP contribution in [0, 0.1) is 5.82 Å². The molecule has 186 valence electrons. The summed E-state index contributed by atoms with van der Waals surface area (Å²) in [6.07, 6.45) is -8.76. The smallest absolute Gasteiger partial charge is 0.461 e. The van der Waals surface area contributed by atoms with Crippen LogP contribution in [0.5, 0.6) is 5.75 Å². The van der Waals surface area contributed by atoms with Crippen molar-refractivity contribution in [1.82, 2.24) is 4.72 Å². The van der Waals surface area contributed by atoms with Gasteiger partial charge in [-0.1, -0.05) is 60.1 Å². The number of nitrogens with one attached hydrogen (secondary N) is 1. The molecule has 3 nitrogen and oxygen atoms in total. The van der Waals surface area contributed by atoms with Crippen molar-refractivity contribution in [2.75, 3.05) is 0 Å². The average Bonchev–Trinajstić information content (AvgIpc) is 2.78. The lowest BCUT2D eigenvalue weighted by molar-refractivity contribution is -0.253. The first-order valence-corrected chi connectivity index (χ1v) is 12.1. The van der Waals surface area contributed by atoms with E-state index >= 15 is 0 Å². The number of alkyl halides is 4. The minimum Gasteiger partial charge on any atom is -0.598 e. The predicted molar refractivity (Wildman–Crippen MR) is 130 cm³/mol. The highest BCUT2D eigenvalue weighted by Crippen LogP contribution is 2.38. The van der Waals surface area contributed by atoms with Crippen LogP contribution in [0.3, 0.4) is 0 Å². The molecular formula is C25H25BF5NO2S. The van der Waals surface area contributed by atoms with Crippen molar-refractivity contribution in [3.05, 3.63) is 95.3 Å². The summed E-state index contributed by atoms with van der Waals surface area (Å²) in [7, 11) is 1.85. The number of hydrogen-bond acceptors (Lipinski definition) is 3. The first-order chi connectivity index (χ1) is 16.4. The van der Waals surface area contributed by atoms with Crippen LogP contribution in [0.2, 0.25) is 0 Å². The number of ether oxygens (including phenoxy) is 1. The fourth-order valence-electron chi connectivity index (χ4n) is 3.70. The molecule has 0 heterocycles. The van der Waals surface area contributed by atoms with Crippen LogP contribution >= 0.6 is 0 Å². The van der Waals surface area contributed by atoms with Gasteiger partial charge in [0.1, 0.15) is 30.2 Å². The molecule has 0 bridgehead atoms. The average molecular weight is 509 g/mol. The Morgan fingerprint density at radius 2 is 1.66 bits per heavy atom. The zero-order valence-electron chi connectivity index (χ0n) is 19.4. The highest BCUT2D eigenvalue weighted by Gasteiger charge is 2.45. The predicted octanol–water partition coefficient (Wildman–Crippen LogP) is 4.47. The topological polar surface area (TPSA) is 44.3 Å². The Morgan fingerprint density at radius 1 is 0.971 bits per heavy atom. The molecule has 35 heavy (non-hydrogen) atoms. The Kier molecular flexibility index (Phi) is 8.51. The second-order valence-corrected chi connectivity index (χ2v) is 10.3. The number of halogens is 5. The van der Waals surface area contributed by atoms with Gasteiger partial charge in [0.15, 0.2) is 0 Å². The third-order valence-corrected chi connectivity index (χ3v) is 6.80. The lowest BCUT2D eigenvalue weighted by Crippen LogP contribution is -2.51. The highest BCUT2D eigenvalue weighted by molar-refractivity contribution is 7.90. The molecule has 3 aromatic rings. The summed E-state index contributed by atoms with van der Waals surface area (Å²) in [6, 6.07) is 19.0. The first-order valence-electron chi connectivity index (χ1n) is 10.9. The largest absolute Gasteiger partial charge is 0.598 e. The van der Waals surface area contributed by atoms with E-state index in [-0.39, 0.29) is 17.2 Å². The molecule has 0 fully saturated rings. The molecular weight excluding hydrogens is 484 g/mol. The highest BCUT2D eigenvalue weighted by atomic mass is 32.2. The van der Waals surface area contributed by atoms with Crippen LogP contribution in [-0.4, -0.2) is 30.2 Å². The Bertz CT molecular complexity index is 1140. The first kappa shape index (κ1) is 27.0. The number of hydrogen-bond donors (Lipinski definition) is 1. The molecule has 0 saturated heterocycles. The maximum Gasteiger partial charge on any atom is 0.461 e. The molecule has 10 heteroatoms. The zero-order valence-corrected chi connectivity index (χ0v) is 20.2. The quantitative estimate of drug-likeness (QED) is 0.249. The van der Waals surface area contributed by atoms with E-state index in [4.69, 9.17) is 0 Å². The van der Waals surface area contributed by atoms with E-state index < -0.39 is 41.0 Å². The van der Waals surface area contributed by atoms with Crippen molar-refractivity contribution in [2.45, 2.75) is 43.6 Å². The van der Waals surface area contributed by atoms with Crippen molar-refractivity contribution in [1.29, 1.82) is 0 Å². The van der Waals surface area contributed by atoms with Crippen molar-refractivity contribution in [3.63, 3.8) is 0 Å². The molecule has 0 aliphatic carbocycles. The lowest BCUT2D eigenvalue weighted by atomic mass is 9.77. The Balaban J connectivity index is 2.27. The van der Waals surface area contributed by atoms with Gasteiger partial charge in [0.25, 0.3) is 0 Å². The van der Waals surface area contributed by atoms with Gasteiger partial charge in [0.05, 0.1) is 0 Å². The summed E-state index contributed by atoms with van der Waals surface area (Å²) < 4.78 is 88.1. The van der Waals surface area contributed by atoms with Gasteiger partial charge in [0, 0.05) is 23.8 Å². The standard InChI is InChI=1S/C25H25BF5NO2S/c1-16(2)35(33)32-24(15-17-7-4-3-5-8-17,18-9-6-10-20(26)11-18)19-12-21(27)14-22(13-19)34-25(30,31)23(28)29/h3-14,16,23,32H,15,26H2,1-2H3/t24-,35-/m1/s1. The molecule has 0 unspecified atom stereocenters. The number of benzene rings is 3. The fourth-order valence-corrected chi connectivity index (χ4v) is 4.58. The van der Waals surface area contributed by atoms with Gasteiger partial charge in [0.2, 0.25) is 0 Å².